The predicted molar refractivity (Wildman–Crippen MR) is 93.1 cm³/mol. The van der Waals surface area contributed by atoms with Crippen LogP contribution in [-0.2, 0) is 19.1 Å². The van der Waals surface area contributed by atoms with Crippen LogP contribution >= 0.6 is 0 Å². The minimum atomic E-state index is -0.700. The average molecular weight is 341 g/mol. The lowest BCUT2D eigenvalue weighted by molar-refractivity contribution is -0.153. The summed E-state index contributed by atoms with van der Waals surface area (Å²) >= 11 is 0. The van der Waals surface area contributed by atoms with Gasteiger partial charge in [0, 0.05) is 5.69 Å². The molecule has 0 aliphatic carbocycles. The largest absolute Gasteiger partial charge is 0.465 e. The number of anilines is 1. The Balaban J connectivity index is 1.61. The number of carbonyl (C=O) groups is 2. The second-order valence-electron chi connectivity index (χ2n) is 7.68. The van der Waals surface area contributed by atoms with Gasteiger partial charge in [0.05, 0.1) is 25.2 Å². The third-order valence-corrected chi connectivity index (χ3v) is 5.28. The van der Waals surface area contributed by atoms with Gasteiger partial charge in [0.15, 0.2) is 0 Å². The first kappa shape index (κ1) is 16.3. The Labute approximate surface area is 147 Å². The summed E-state index contributed by atoms with van der Waals surface area (Å²) in [7, 11) is 0. The maximum absolute atomic E-state index is 13.1. The van der Waals surface area contributed by atoms with E-state index < -0.39 is 17.4 Å². The summed E-state index contributed by atoms with van der Waals surface area (Å²) in [6.07, 6.45) is 3.51. The second-order valence-corrected chi connectivity index (χ2v) is 7.68. The lowest BCUT2D eigenvalue weighted by atomic mass is 9.77. The Morgan fingerprint density at radius 2 is 2.08 bits per heavy atom. The molecule has 0 radical (unpaired) electrons. The molecule has 1 amide bonds. The summed E-state index contributed by atoms with van der Waals surface area (Å²) in [4.78, 5) is 27.5. The molecule has 1 spiro atoms. The van der Waals surface area contributed by atoms with Crippen molar-refractivity contribution in [3.05, 3.63) is 42.0 Å². The molecule has 3 aliphatic rings. The first-order valence-electron chi connectivity index (χ1n) is 8.83. The smallest absolute Gasteiger partial charge is 0.312 e. The van der Waals surface area contributed by atoms with Gasteiger partial charge in [0.25, 0.3) is 0 Å². The van der Waals surface area contributed by atoms with Crippen LogP contribution in [0.5, 0.6) is 0 Å². The van der Waals surface area contributed by atoms with Crippen LogP contribution in [-0.4, -0.2) is 36.7 Å². The van der Waals surface area contributed by atoms with Crippen molar-refractivity contribution >= 4 is 17.6 Å². The van der Waals surface area contributed by atoms with Crippen molar-refractivity contribution in [1.82, 2.24) is 0 Å². The lowest BCUT2D eigenvalue weighted by Gasteiger charge is -2.23. The normalized spacial score (nSPS) is 32.6. The quantitative estimate of drug-likeness (QED) is 0.624. The molecule has 2 saturated heterocycles. The number of ether oxygens (including phenoxy) is 2. The minimum Gasteiger partial charge on any atom is -0.465 e. The van der Waals surface area contributed by atoms with Crippen LogP contribution in [0.4, 0.5) is 5.69 Å². The summed E-state index contributed by atoms with van der Waals surface area (Å²) in [5.41, 5.74) is 1.28. The molecule has 132 valence electrons. The fourth-order valence-electron chi connectivity index (χ4n) is 4.06. The fraction of sp³-hybridized carbons (Fsp3) is 0.500. The van der Waals surface area contributed by atoms with Crippen LogP contribution in [0.1, 0.15) is 19.4 Å². The number of hydrogen-bond donors (Lipinski definition) is 0. The molecule has 25 heavy (non-hydrogen) atoms. The molecule has 4 rings (SSSR count). The van der Waals surface area contributed by atoms with Gasteiger partial charge in [-0.3, -0.25) is 9.59 Å². The number of amides is 1. The van der Waals surface area contributed by atoms with E-state index in [0.29, 0.717) is 13.2 Å². The van der Waals surface area contributed by atoms with E-state index in [9.17, 15) is 9.59 Å². The Morgan fingerprint density at radius 1 is 1.36 bits per heavy atom. The van der Waals surface area contributed by atoms with E-state index in [4.69, 9.17) is 9.47 Å². The zero-order chi connectivity index (χ0) is 17.8. The van der Waals surface area contributed by atoms with Gasteiger partial charge >= 0.3 is 5.97 Å². The van der Waals surface area contributed by atoms with Crippen molar-refractivity contribution in [3.8, 4) is 0 Å². The Bertz CT molecular complexity index is 739. The molecule has 1 aromatic carbocycles. The molecule has 2 bridgehead atoms. The highest BCUT2D eigenvalue weighted by Crippen LogP contribution is 2.52. The number of fused-ring (bicyclic) bond motifs is 1. The molecule has 1 aromatic rings. The van der Waals surface area contributed by atoms with Crippen molar-refractivity contribution in [1.29, 1.82) is 0 Å². The third kappa shape index (κ3) is 2.49. The van der Waals surface area contributed by atoms with Crippen LogP contribution in [0.25, 0.3) is 0 Å². The van der Waals surface area contributed by atoms with Crippen molar-refractivity contribution in [2.45, 2.75) is 32.5 Å². The number of esters is 1. The van der Waals surface area contributed by atoms with E-state index in [1.54, 1.807) is 4.90 Å². The van der Waals surface area contributed by atoms with Gasteiger partial charge in [-0.1, -0.05) is 43.7 Å². The van der Waals surface area contributed by atoms with Crippen molar-refractivity contribution in [2.75, 3.05) is 18.1 Å². The minimum absolute atomic E-state index is 0.0535. The van der Waals surface area contributed by atoms with E-state index in [0.717, 1.165) is 11.3 Å². The van der Waals surface area contributed by atoms with Crippen LogP contribution in [0.15, 0.2) is 36.4 Å². The van der Waals surface area contributed by atoms with Gasteiger partial charge in [0.1, 0.15) is 11.5 Å². The number of benzene rings is 1. The van der Waals surface area contributed by atoms with Gasteiger partial charge in [0.2, 0.25) is 5.91 Å². The van der Waals surface area contributed by atoms with Gasteiger partial charge in [-0.2, -0.15) is 0 Å². The monoisotopic (exact) mass is 341 g/mol. The summed E-state index contributed by atoms with van der Waals surface area (Å²) in [6.45, 7) is 6.80. The maximum Gasteiger partial charge on any atom is 0.312 e. The molecule has 2 fully saturated rings. The molecule has 3 heterocycles. The van der Waals surface area contributed by atoms with E-state index in [1.165, 1.54) is 0 Å². The molecule has 4 atom stereocenters. The number of carbonyl (C=O) groups excluding carboxylic acids is 2. The van der Waals surface area contributed by atoms with Gasteiger partial charge in [-0.05, 0) is 25.0 Å². The SMILES string of the molecule is Cc1ccc(N2C[C@@]34C=C[C@@H](O3)[C@H](C(=O)OCC(C)C)[C@H]4C2=O)cc1. The number of aryl methyl sites for hydroxylation is 1. The highest BCUT2D eigenvalue weighted by atomic mass is 16.6. The lowest BCUT2D eigenvalue weighted by Crippen LogP contribution is -2.40. The summed E-state index contributed by atoms with van der Waals surface area (Å²) in [6, 6.07) is 7.84. The third-order valence-electron chi connectivity index (χ3n) is 5.28. The van der Waals surface area contributed by atoms with E-state index in [1.807, 2.05) is 57.2 Å². The second kappa shape index (κ2) is 5.70. The average Bonchev–Trinajstić information content (AvgIpc) is 3.22. The van der Waals surface area contributed by atoms with Crippen LogP contribution in [0.2, 0.25) is 0 Å². The molecule has 5 nitrogen and oxygen atoms in total. The van der Waals surface area contributed by atoms with Crippen molar-refractivity contribution in [3.63, 3.8) is 0 Å². The van der Waals surface area contributed by atoms with Gasteiger partial charge in [-0.25, -0.2) is 0 Å². The highest BCUT2D eigenvalue weighted by molar-refractivity contribution is 6.02. The number of rotatable bonds is 4. The predicted octanol–water partition coefficient (Wildman–Crippen LogP) is 2.48. The molecular weight excluding hydrogens is 318 g/mol. The summed E-state index contributed by atoms with van der Waals surface area (Å²) < 4.78 is 11.5. The molecule has 5 heteroatoms. The van der Waals surface area contributed by atoms with Crippen LogP contribution in [0, 0.1) is 24.7 Å². The Morgan fingerprint density at radius 3 is 2.76 bits per heavy atom. The molecule has 0 N–H and O–H groups in total. The Kier molecular flexibility index (Phi) is 3.72. The first-order valence-corrected chi connectivity index (χ1v) is 8.83. The standard InChI is InChI=1S/C20H23NO4/c1-12(2)10-24-19(23)16-15-8-9-20(25-15)11-21(18(22)17(16)20)14-6-4-13(3)5-7-14/h4-9,12,15-17H,10-11H2,1-3H3/t15-,16+,17+,20-/m1/s1. The van der Waals surface area contributed by atoms with E-state index in [-0.39, 0.29) is 23.9 Å². The van der Waals surface area contributed by atoms with Crippen LogP contribution < -0.4 is 4.90 Å². The summed E-state index contributed by atoms with van der Waals surface area (Å²) in [5, 5.41) is 0. The molecule has 0 aromatic heterocycles. The van der Waals surface area contributed by atoms with E-state index in [2.05, 4.69) is 0 Å². The first-order chi connectivity index (χ1) is 11.9. The van der Waals surface area contributed by atoms with E-state index >= 15 is 0 Å². The maximum atomic E-state index is 13.1. The van der Waals surface area contributed by atoms with Crippen molar-refractivity contribution in [2.24, 2.45) is 17.8 Å². The highest BCUT2D eigenvalue weighted by Gasteiger charge is 2.67. The number of nitrogens with zero attached hydrogens (tertiary/aromatic N) is 1. The van der Waals surface area contributed by atoms with Gasteiger partial charge < -0.3 is 14.4 Å². The van der Waals surface area contributed by atoms with Crippen LogP contribution in [0.3, 0.4) is 0 Å². The van der Waals surface area contributed by atoms with Crippen molar-refractivity contribution < 1.29 is 19.1 Å². The topological polar surface area (TPSA) is 55.8 Å². The molecule has 0 unspecified atom stereocenters. The fourth-order valence-corrected chi connectivity index (χ4v) is 4.06. The molecular formula is C20H23NO4. The molecule has 3 aliphatic heterocycles. The van der Waals surface area contributed by atoms with Gasteiger partial charge in [-0.15, -0.1) is 0 Å². The zero-order valence-electron chi connectivity index (χ0n) is 14.8. The Hall–Kier alpha value is -2.14. The number of hydrogen-bond acceptors (Lipinski definition) is 4. The zero-order valence-corrected chi connectivity index (χ0v) is 14.8. The molecule has 0 saturated carbocycles. The summed E-state index contributed by atoms with van der Waals surface area (Å²) in [5.74, 6) is -1.16.